The molecule has 57 heavy (non-hydrogen) atoms. The van der Waals surface area contributed by atoms with Crippen LogP contribution in [0.15, 0.2) is 72.9 Å². The van der Waals surface area contributed by atoms with Crippen LogP contribution in [0.3, 0.4) is 0 Å². The predicted octanol–water partition coefficient (Wildman–Crippen LogP) is 10.6. The van der Waals surface area contributed by atoms with E-state index >= 15 is 0 Å². The molecule has 1 saturated heterocycles. The maximum atomic E-state index is 12.6. The molecule has 0 saturated carbocycles. The number of quaternary nitrogens is 1. The number of esters is 2. The van der Waals surface area contributed by atoms with Gasteiger partial charge in [-0.25, -0.2) is 0 Å². The highest BCUT2D eigenvalue weighted by Gasteiger charge is 2.35. The molecule has 0 aromatic carbocycles. The Kier molecular flexibility index (Phi) is 31.5. The Balaban J connectivity index is 2.34. The summed E-state index contributed by atoms with van der Waals surface area (Å²) in [6, 6.07) is 0. The Morgan fingerprint density at radius 1 is 0.649 bits per heavy atom. The average molecular weight is 820 g/mol. The summed E-state index contributed by atoms with van der Waals surface area (Å²) in [5.41, 5.74) is 0. The summed E-state index contributed by atoms with van der Waals surface area (Å²) in [5.74, 6) is -0.954. The van der Waals surface area contributed by atoms with E-state index in [-0.39, 0.29) is 26.1 Å². The number of allylic oxidation sites excluding steroid dienone is 11. The van der Waals surface area contributed by atoms with Crippen molar-refractivity contribution in [2.45, 2.75) is 161 Å². The lowest BCUT2D eigenvalue weighted by Gasteiger charge is -2.28. The SMILES string of the molecule is CCCCCC/C=C\CCCCCCCC(=O)OCC(COP(=O)([O-])OCC[N+](C)(C)C)OC(=O)CC/C=C\C/C=C\C/C=C\C/C=C\C/C=C\CC1OC1CC. The molecule has 10 nitrogen and oxygen atoms in total. The normalized spacial score (nSPS) is 17.9. The first-order valence-electron chi connectivity index (χ1n) is 21.8. The lowest BCUT2D eigenvalue weighted by Crippen LogP contribution is -2.37. The van der Waals surface area contributed by atoms with Crippen LogP contribution in [0.1, 0.15) is 142 Å². The molecule has 1 fully saturated rings. The Morgan fingerprint density at radius 2 is 1.19 bits per heavy atom. The van der Waals surface area contributed by atoms with Gasteiger partial charge in [0.05, 0.1) is 40.0 Å². The van der Waals surface area contributed by atoms with E-state index in [1.807, 2.05) is 33.3 Å². The zero-order chi connectivity index (χ0) is 41.9. The van der Waals surface area contributed by atoms with E-state index in [0.717, 1.165) is 70.6 Å². The van der Waals surface area contributed by atoms with Crippen molar-refractivity contribution in [3.8, 4) is 0 Å². The van der Waals surface area contributed by atoms with Gasteiger partial charge in [0.2, 0.25) is 0 Å². The molecule has 0 amide bonds. The molecule has 0 N–H and O–H groups in total. The van der Waals surface area contributed by atoms with E-state index in [1.54, 1.807) is 0 Å². The third-order valence-corrected chi connectivity index (χ3v) is 10.2. The van der Waals surface area contributed by atoms with E-state index in [4.69, 9.17) is 23.3 Å². The van der Waals surface area contributed by atoms with Gasteiger partial charge in [-0.2, -0.15) is 0 Å². The number of likely N-dealkylation sites (N-methyl/N-ethyl adjacent to an activating group) is 1. The van der Waals surface area contributed by atoms with E-state index in [1.165, 1.54) is 32.1 Å². The molecule has 1 aliphatic heterocycles. The van der Waals surface area contributed by atoms with E-state index in [9.17, 15) is 19.0 Å². The smallest absolute Gasteiger partial charge is 0.306 e. The van der Waals surface area contributed by atoms with Crippen LogP contribution in [-0.2, 0) is 37.4 Å². The largest absolute Gasteiger partial charge is 0.756 e. The summed E-state index contributed by atoms with van der Waals surface area (Å²) >= 11 is 0. The Morgan fingerprint density at radius 3 is 1.77 bits per heavy atom. The number of nitrogens with zero attached hydrogens (tertiary/aromatic N) is 1. The zero-order valence-electron chi connectivity index (χ0n) is 36.2. The number of epoxide rings is 1. The molecule has 1 heterocycles. The molecule has 0 spiro atoms. The molecule has 0 aromatic heterocycles. The number of unbranched alkanes of at least 4 members (excludes halogenated alkanes) is 9. The molecule has 4 unspecified atom stereocenters. The second kappa shape index (κ2) is 34.3. The first kappa shape index (κ1) is 52.4. The van der Waals surface area contributed by atoms with Crippen LogP contribution in [-0.4, -0.2) is 82.2 Å². The standard InChI is InChI=1S/C46H78NO9P/c1-6-8-9-10-11-12-13-17-21-24-27-30-33-36-45(48)52-40-42(41-54-57(50,51)53-39-38-47(3,4)5)55-46(49)37-34-31-28-25-22-19-16-14-15-18-20-23-26-29-32-35-44-43(7-2)56-44/h12-15,19-20,22-23,28-29,31-32,42-44H,6-11,16-18,21,24-27,30,33-41H2,1-5H3/b13-12-,15-14-,22-19-,23-20-,31-28-,32-29-. The van der Waals surface area contributed by atoms with Crippen molar-refractivity contribution in [3.63, 3.8) is 0 Å². The summed E-state index contributed by atoms with van der Waals surface area (Å²) in [6.07, 6.45) is 44.3. The quantitative estimate of drug-likeness (QED) is 0.0150. The van der Waals surface area contributed by atoms with Crippen LogP contribution in [0.4, 0.5) is 0 Å². The maximum absolute atomic E-state index is 12.6. The number of phosphoric acid groups is 1. The molecule has 0 radical (unpaired) electrons. The molecule has 11 heteroatoms. The number of rotatable bonds is 37. The van der Waals surface area contributed by atoms with E-state index in [0.29, 0.717) is 36.1 Å². The number of hydrogen-bond donors (Lipinski definition) is 0. The van der Waals surface area contributed by atoms with Gasteiger partial charge in [-0.05, 0) is 77.0 Å². The Bertz CT molecular complexity index is 1270. The van der Waals surface area contributed by atoms with Gasteiger partial charge in [-0.1, -0.05) is 125 Å². The van der Waals surface area contributed by atoms with Crippen LogP contribution >= 0.6 is 7.82 Å². The molecule has 4 atom stereocenters. The number of carbonyl (C=O) groups excluding carboxylic acids is 2. The summed E-state index contributed by atoms with van der Waals surface area (Å²) in [6.45, 7) is 3.99. The van der Waals surface area contributed by atoms with E-state index in [2.05, 4.69) is 74.6 Å². The summed E-state index contributed by atoms with van der Waals surface area (Å²) < 4.78 is 39.3. The van der Waals surface area contributed by atoms with Crippen molar-refractivity contribution >= 4 is 19.8 Å². The van der Waals surface area contributed by atoms with Crippen LogP contribution in [0.5, 0.6) is 0 Å². The topological polar surface area (TPSA) is 124 Å². The van der Waals surface area contributed by atoms with Gasteiger partial charge in [0.15, 0.2) is 6.10 Å². The second-order valence-electron chi connectivity index (χ2n) is 15.7. The summed E-state index contributed by atoms with van der Waals surface area (Å²) in [5, 5.41) is 0. The van der Waals surface area contributed by atoms with Crippen molar-refractivity contribution in [3.05, 3.63) is 72.9 Å². The molecule has 0 aliphatic carbocycles. The van der Waals surface area contributed by atoms with Gasteiger partial charge < -0.3 is 32.6 Å². The molecule has 1 rings (SSSR count). The molecule has 0 aromatic rings. The van der Waals surface area contributed by atoms with Crippen LogP contribution in [0.2, 0.25) is 0 Å². The molecule has 326 valence electrons. The fraction of sp³-hybridized carbons (Fsp3) is 0.696. The summed E-state index contributed by atoms with van der Waals surface area (Å²) in [7, 11) is 1.10. The van der Waals surface area contributed by atoms with Gasteiger partial charge >= 0.3 is 11.9 Å². The third kappa shape index (κ3) is 35.1. The van der Waals surface area contributed by atoms with Crippen LogP contribution in [0.25, 0.3) is 0 Å². The van der Waals surface area contributed by atoms with Crippen molar-refractivity contribution in [1.29, 1.82) is 0 Å². The van der Waals surface area contributed by atoms with Crippen molar-refractivity contribution in [2.24, 2.45) is 0 Å². The number of carbonyl (C=O) groups is 2. The van der Waals surface area contributed by atoms with Crippen molar-refractivity contribution in [2.75, 3.05) is 47.5 Å². The summed E-state index contributed by atoms with van der Waals surface area (Å²) in [4.78, 5) is 37.5. The Hall–Kier alpha value is -2.59. The minimum Gasteiger partial charge on any atom is -0.756 e. The highest BCUT2D eigenvalue weighted by molar-refractivity contribution is 7.45. The van der Waals surface area contributed by atoms with Gasteiger partial charge in [-0.15, -0.1) is 0 Å². The van der Waals surface area contributed by atoms with Crippen molar-refractivity contribution < 1.29 is 46.8 Å². The van der Waals surface area contributed by atoms with Crippen molar-refractivity contribution in [1.82, 2.24) is 0 Å². The number of phosphoric ester groups is 1. The molecule has 0 bridgehead atoms. The first-order valence-corrected chi connectivity index (χ1v) is 23.2. The predicted molar refractivity (Wildman–Crippen MR) is 230 cm³/mol. The monoisotopic (exact) mass is 820 g/mol. The van der Waals surface area contributed by atoms with Crippen LogP contribution < -0.4 is 4.89 Å². The number of hydrogen-bond acceptors (Lipinski definition) is 9. The van der Waals surface area contributed by atoms with Gasteiger partial charge in [0, 0.05) is 12.8 Å². The molecular formula is C46H78NO9P. The number of ether oxygens (including phenoxy) is 3. The lowest BCUT2D eigenvalue weighted by molar-refractivity contribution is -0.870. The van der Waals surface area contributed by atoms with Gasteiger partial charge in [0.1, 0.15) is 19.8 Å². The molecular weight excluding hydrogens is 741 g/mol. The zero-order valence-corrected chi connectivity index (χ0v) is 37.1. The fourth-order valence-corrected chi connectivity index (χ4v) is 6.35. The average Bonchev–Trinajstić information content (AvgIpc) is 3.93. The van der Waals surface area contributed by atoms with Crippen LogP contribution in [0, 0.1) is 0 Å². The third-order valence-electron chi connectivity index (χ3n) is 9.20. The Labute approximate surface area is 346 Å². The maximum Gasteiger partial charge on any atom is 0.306 e. The van der Waals surface area contributed by atoms with Gasteiger partial charge in [-0.3, -0.25) is 14.2 Å². The highest BCUT2D eigenvalue weighted by atomic mass is 31.2. The molecule has 1 aliphatic rings. The second-order valence-corrected chi connectivity index (χ2v) is 17.1. The van der Waals surface area contributed by atoms with E-state index < -0.39 is 32.5 Å². The minimum atomic E-state index is -4.65. The highest BCUT2D eigenvalue weighted by Crippen LogP contribution is 2.38. The van der Waals surface area contributed by atoms with Gasteiger partial charge in [0.25, 0.3) is 7.82 Å². The lowest BCUT2D eigenvalue weighted by atomic mass is 10.1. The minimum absolute atomic E-state index is 0.0509. The fourth-order valence-electron chi connectivity index (χ4n) is 5.62. The first-order chi connectivity index (χ1) is 27.5.